The Bertz CT molecular complexity index is 817. The van der Waals surface area contributed by atoms with Crippen LogP contribution < -0.4 is 21.1 Å². The average Bonchev–Trinajstić information content (AvgIpc) is 2.74. The Balaban J connectivity index is 1.71. The lowest BCUT2D eigenvalue weighted by Gasteiger charge is -2.21. The number of carbonyl (C=O) groups excluding carboxylic acids is 2. The van der Waals surface area contributed by atoms with Gasteiger partial charge in [-0.2, -0.15) is 0 Å². The summed E-state index contributed by atoms with van der Waals surface area (Å²) in [5, 5.41) is 5.77. The van der Waals surface area contributed by atoms with Crippen molar-refractivity contribution in [3.05, 3.63) is 54.1 Å². The van der Waals surface area contributed by atoms with Crippen molar-refractivity contribution in [2.75, 3.05) is 17.7 Å². The van der Waals surface area contributed by atoms with Gasteiger partial charge in [0.1, 0.15) is 11.8 Å². The monoisotopic (exact) mass is 381 g/mol. The maximum absolute atomic E-state index is 12.6. The maximum Gasteiger partial charge on any atom is 0.245 e. The molecule has 0 aliphatic heterocycles. The van der Waals surface area contributed by atoms with Crippen LogP contribution in [-0.2, 0) is 9.59 Å². The predicted molar refractivity (Wildman–Crippen MR) is 110 cm³/mol. The summed E-state index contributed by atoms with van der Waals surface area (Å²) in [7, 11) is 1.55. The van der Waals surface area contributed by atoms with E-state index in [0.29, 0.717) is 17.1 Å². The number of methoxy groups -OCH3 is 1. The van der Waals surface area contributed by atoms with E-state index in [-0.39, 0.29) is 17.7 Å². The molecule has 3 rings (SSSR count). The molecule has 0 heterocycles. The Morgan fingerprint density at radius 1 is 1.04 bits per heavy atom. The molecule has 0 spiro atoms. The zero-order chi connectivity index (χ0) is 19.9. The number of ether oxygens (including phenoxy) is 1. The Labute approximate surface area is 165 Å². The molecule has 148 valence electrons. The highest BCUT2D eigenvalue weighted by Crippen LogP contribution is 2.31. The zero-order valence-corrected chi connectivity index (χ0v) is 16.1. The smallest absolute Gasteiger partial charge is 0.245 e. The van der Waals surface area contributed by atoms with E-state index < -0.39 is 6.04 Å². The van der Waals surface area contributed by atoms with Gasteiger partial charge in [-0.25, -0.2) is 0 Å². The minimum Gasteiger partial charge on any atom is -0.495 e. The predicted octanol–water partition coefficient (Wildman–Crippen LogP) is 3.85. The van der Waals surface area contributed by atoms with Gasteiger partial charge in [-0.1, -0.05) is 49.6 Å². The molecule has 6 nitrogen and oxygen atoms in total. The summed E-state index contributed by atoms with van der Waals surface area (Å²) >= 11 is 0. The maximum atomic E-state index is 12.6. The van der Waals surface area contributed by atoms with Crippen LogP contribution in [0.2, 0.25) is 0 Å². The van der Waals surface area contributed by atoms with E-state index in [0.717, 1.165) is 31.2 Å². The second-order valence-electron chi connectivity index (χ2n) is 7.12. The third kappa shape index (κ3) is 4.89. The Hall–Kier alpha value is -2.86. The minimum absolute atomic E-state index is 0.00228. The van der Waals surface area contributed by atoms with Gasteiger partial charge in [-0.05, 0) is 36.6 Å². The fourth-order valence-corrected chi connectivity index (χ4v) is 3.51. The third-order valence-corrected chi connectivity index (χ3v) is 5.14. The SMILES string of the molecule is COc1ccc(NC(=O)C(N)c2ccccc2)cc1NC(=O)C1CCCCC1. The van der Waals surface area contributed by atoms with Crippen LogP contribution in [0.4, 0.5) is 11.4 Å². The van der Waals surface area contributed by atoms with Gasteiger partial charge in [-0.3, -0.25) is 9.59 Å². The topological polar surface area (TPSA) is 93.4 Å². The van der Waals surface area contributed by atoms with Crippen LogP contribution in [0.3, 0.4) is 0 Å². The fraction of sp³-hybridized carbons (Fsp3) is 0.364. The second kappa shape index (κ2) is 9.37. The van der Waals surface area contributed by atoms with E-state index in [4.69, 9.17) is 10.5 Å². The summed E-state index contributed by atoms with van der Waals surface area (Å²) in [5.74, 6) is 0.265. The molecule has 0 bridgehead atoms. The second-order valence-corrected chi connectivity index (χ2v) is 7.12. The summed E-state index contributed by atoms with van der Waals surface area (Å²) in [6.07, 6.45) is 5.19. The lowest BCUT2D eigenvalue weighted by Crippen LogP contribution is -2.28. The molecule has 0 radical (unpaired) electrons. The molecule has 4 N–H and O–H groups in total. The first-order chi connectivity index (χ1) is 13.6. The molecular weight excluding hydrogens is 354 g/mol. The van der Waals surface area contributed by atoms with E-state index in [1.807, 2.05) is 30.3 Å². The van der Waals surface area contributed by atoms with Crippen LogP contribution in [0.15, 0.2) is 48.5 Å². The van der Waals surface area contributed by atoms with Gasteiger partial charge in [0, 0.05) is 11.6 Å². The molecule has 1 fully saturated rings. The van der Waals surface area contributed by atoms with E-state index in [1.165, 1.54) is 6.42 Å². The van der Waals surface area contributed by atoms with Gasteiger partial charge >= 0.3 is 0 Å². The highest BCUT2D eigenvalue weighted by molar-refractivity contribution is 5.98. The largest absolute Gasteiger partial charge is 0.495 e. The summed E-state index contributed by atoms with van der Waals surface area (Å²) in [6.45, 7) is 0. The molecule has 1 atom stereocenters. The highest BCUT2D eigenvalue weighted by Gasteiger charge is 2.22. The number of amides is 2. The molecule has 0 aromatic heterocycles. The number of hydrogen-bond acceptors (Lipinski definition) is 4. The summed E-state index contributed by atoms with van der Waals surface area (Å²) in [5.41, 5.74) is 7.89. The standard InChI is InChI=1S/C22H27N3O3/c1-28-19-13-12-17(24-22(27)20(23)15-8-4-2-5-9-15)14-18(19)25-21(26)16-10-6-3-7-11-16/h2,4-5,8-9,12-14,16,20H,3,6-7,10-11,23H2,1H3,(H,24,27)(H,25,26). The molecule has 2 aromatic rings. The van der Waals surface area contributed by atoms with E-state index in [2.05, 4.69) is 10.6 Å². The number of nitrogens with one attached hydrogen (secondary N) is 2. The highest BCUT2D eigenvalue weighted by atomic mass is 16.5. The van der Waals surface area contributed by atoms with Gasteiger partial charge in [-0.15, -0.1) is 0 Å². The van der Waals surface area contributed by atoms with Gasteiger partial charge in [0.05, 0.1) is 12.8 Å². The molecule has 2 amide bonds. The molecule has 6 heteroatoms. The molecule has 1 saturated carbocycles. The quantitative estimate of drug-likeness (QED) is 0.708. The number of benzene rings is 2. The molecule has 2 aromatic carbocycles. The third-order valence-electron chi connectivity index (χ3n) is 5.14. The molecule has 1 aliphatic carbocycles. The van der Waals surface area contributed by atoms with Crippen molar-refractivity contribution in [2.24, 2.45) is 11.7 Å². The first kappa shape index (κ1) is 19.9. The summed E-state index contributed by atoms with van der Waals surface area (Å²) in [4.78, 5) is 25.1. The van der Waals surface area contributed by atoms with Crippen LogP contribution >= 0.6 is 0 Å². The van der Waals surface area contributed by atoms with Crippen LogP contribution in [0.5, 0.6) is 5.75 Å². The van der Waals surface area contributed by atoms with Gasteiger partial charge in [0.15, 0.2) is 0 Å². The van der Waals surface area contributed by atoms with Crippen molar-refractivity contribution in [1.82, 2.24) is 0 Å². The van der Waals surface area contributed by atoms with E-state index in [1.54, 1.807) is 25.3 Å². The van der Waals surface area contributed by atoms with Crippen molar-refractivity contribution in [2.45, 2.75) is 38.1 Å². The van der Waals surface area contributed by atoms with Crippen molar-refractivity contribution in [1.29, 1.82) is 0 Å². The Morgan fingerprint density at radius 2 is 1.75 bits per heavy atom. The molecule has 1 aliphatic rings. The van der Waals surface area contributed by atoms with Crippen LogP contribution in [0.1, 0.15) is 43.7 Å². The van der Waals surface area contributed by atoms with Gasteiger partial charge in [0.2, 0.25) is 11.8 Å². The van der Waals surface area contributed by atoms with Gasteiger partial charge < -0.3 is 21.1 Å². The van der Waals surface area contributed by atoms with Crippen molar-refractivity contribution in [3.8, 4) is 5.75 Å². The normalized spacial score (nSPS) is 15.5. The van der Waals surface area contributed by atoms with Crippen molar-refractivity contribution < 1.29 is 14.3 Å². The first-order valence-electron chi connectivity index (χ1n) is 9.69. The molecular formula is C22H27N3O3. The summed E-state index contributed by atoms with van der Waals surface area (Å²) < 4.78 is 5.36. The molecule has 28 heavy (non-hydrogen) atoms. The Kier molecular flexibility index (Phi) is 6.66. The summed E-state index contributed by atoms with van der Waals surface area (Å²) in [6, 6.07) is 13.6. The Morgan fingerprint density at radius 3 is 2.43 bits per heavy atom. The minimum atomic E-state index is -0.774. The van der Waals surface area contributed by atoms with Gasteiger partial charge in [0.25, 0.3) is 0 Å². The van der Waals surface area contributed by atoms with Crippen LogP contribution in [0, 0.1) is 5.92 Å². The number of nitrogens with two attached hydrogens (primary N) is 1. The lowest BCUT2D eigenvalue weighted by atomic mass is 9.88. The lowest BCUT2D eigenvalue weighted by molar-refractivity contribution is -0.120. The molecule has 0 saturated heterocycles. The average molecular weight is 381 g/mol. The van der Waals surface area contributed by atoms with Crippen LogP contribution in [0.25, 0.3) is 0 Å². The number of anilines is 2. The number of rotatable bonds is 6. The van der Waals surface area contributed by atoms with E-state index in [9.17, 15) is 9.59 Å². The van der Waals surface area contributed by atoms with Crippen LogP contribution in [-0.4, -0.2) is 18.9 Å². The van der Waals surface area contributed by atoms with Crippen molar-refractivity contribution in [3.63, 3.8) is 0 Å². The molecule has 1 unspecified atom stereocenters. The number of carbonyl (C=O) groups is 2. The zero-order valence-electron chi connectivity index (χ0n) is 16.1. The van der Waals surface area contributed by atoms with E-state index >= 15 is 0 Å². The number of hydrogen-bond donors (Lipinski definition) is 3. The fourth-order valence-electron chi connectivity index (χ4n) is 3.51. The first-order valence-corrected chi connectivity index (χ1v) is 9.69. The van der Waals surface area contributed by atoms with Crippen molar-refractivity contribution >= 4 is 23.2 Å².